The Kier molecular flexibility index (Phi) is 6.66. The van der Waals surface area contributed by atoms with Crippen LogP contribution in [-0.2, 0) is 17.8 Å². The summed E-state index contributed by atoms with van der Waals surface area (Å²) in [5.74, 6) is 0.957. The molecule has 1 saturated heterocycles. The van der Waals surface area contributed by atoms with Gasteiger partial charge in [-0.05, 0) is 42.5 Å². The van der Waals surface area contributed by atoms with Crippen molar-refractivity contribution in [2.45, 2.75) is 45.6 Å². The van der Waals surface area contributed by atoms with E-state index in [2.05, 4.69) is 59.0 Å². The highest BCUT2D eigenvalue weighted by Gasteiger charge is 2.41. The minimum atomic E-state index is -0.581. The molecule has 1 aliphatic rings. The Bertz CT molecular complexity index is 1050. The van der Waals surface area contributed by atoms with Crippen molar-refractivity contribution in [3.8, 4) is 11.1 Å². The number of carbonyl (C=O) groups excluding carboxylic acids is 1. The van der Waals surface area contributed by atoms with Crippen molar-refractivity contribution in [2.75, 3.05) is 13.1 Å². The fourth-order valence-electron chi connectivity index (χ4n) is 4.74. The highest BCUT2D eigenvalue weighted by Crippen LogP contribution is 2.37. The van der Waals surface area contributed by atoms with Crippen LogP contribution in [0.2, 0.25) is 0 Å². The number of nitrogens with zero attached hydrogens (tertiary/aromatic N) is 3. The molecule has 1 atom stereocenters. The molecule has 2 aromatic carbocycles. The molecule has 1 aliphatic heterocycles. The van der Waals surface area contributed by atoms with Crippen LogP contribution in [0.3, 0.4) is 0 Å². The van der Waals surface area contributed by atoms with Crippen LogP contribution in [0.15, 0.2) is 67.0 Å². The molecule has 0 aliphatic carbocycles. The molecule has 0 radical (unpaired) electrons. The maximum Gasteiger partial charge on any atom is 0.225 e. The number of likely N-dealkylation sites (tertiary alicyclic amines) is 1. The van der Waals surface area contributed by atoms with Gasteiger partial charge in [0.15, 0.2) is 0 Å². The van der Waals surface area contributed by atoms with Crippen molar-refractivity contribution in [3.05, 3.63) is 83.9 Å². The molecular weight excluding hydrogens is 396 g/mol. The van der Waals surface area contributed by atoms with Gasteiger partial charge in [0.25, 0.3) is 0 Å². The molecule has 0 saturated carbocycles. The fraction of sp³-hybridized carbons (Fsp3) is 0.370. The molecule has 0 spiro atoms. The van der Waals surface area contributed by atoms with E-state index in [0.717, 1.165) is 42.9 Å². The third-order valence-corrected chi connectivity index (χ3v) is 6.46. The van der Waals surface area contributed by atoms with Gasteiger partial charge in [0, 0.05) is 37.0 Å². The Hall–Kier alpha value is -3.05. The van der Waals surface area contributed by atoms with Gasteiger partial charge in [-0.3, -0.25) is 9.69 Å². The molecule has 166 valence electrons. The topological polar surface area (TPSA) is 72.1 Å². The maximum atomic E-state index is 12.8. The smallest absolute Gasteiger partial charge is 0.225 e. The minimum absolute atomic E-state index is 0.212. The number of piperidine rings is 1. The van der Waals surface area contributed by atoms with E-state index in [1.165, 1.54) is 11.1 Å². The van der Waals surface area contributed by atoms with Crippen LogP contribution in [0.4, 0.5) is 0 Å². The Labute approximate surface area is 190 Å². The number of nitrogens with two attached hydrogens (primary N) is 1. The number of aromatic nitrogens is 2. The van der Waals surface area contributed by atoms with Gasteiger partial charge >= 0.3 is 0 Å². The van der Waals surface area contributed by atoms with Crippen LogP contribution in [0, 0.1) is 5.41 Å². The van der Waals surface area contributed by atoms with Crippen molar-refractivity contribution >= 4 is 5.91 Å². The van der Waals surface area contributed by atoms with E-state index in [1.54, 1.807) is 0 Å². The summed E-state index contributed by atoms with van der Waals surface area (Å²) in [6.45, 7) is 6.51. The second-order valence-electron chi connectivity index (χ2n) is 9.26. The molecule has 0 bridgehead atoms. The maximum absolute atomic E-state index is 12.8. The molecule has 5 heteroatoms. The number of amides is 1. The summed E-state index contributed by atoms with van der Waals surface area (Å²) in [4.78, 5) is 24.1. The van der Waals surface area contributed by atoms with E-state index in [9.17, 15) is 4.79 Å². The first-order valence-electron chi connectivity index (χ1n) is 11.4. The number of rotatable bonds is 7. The summed E-state index contributed by atoms with van der Waals surface area (Å²) in [6, 6.07) is 18.7. The quantitative estimate of drug-likeness (QED) is 0.598. The summed E-state index contributed by atoms with van der Waals surface area (Å²) >= 11 is 0. The van der Waals surface area contributed by atoms with Crippen molar-refractivity contribution in [2.24, 2.45) is 11.1 Å². The molecular formula is C27H32N4O. The van der Waals surface area contributed by atoms with Crippen LogP contribution in [-0.4, -0.2) is 33.9 Å². The standard InChI is InChI=1S/C27H32N4O/c1-20(2)25-29-16-21(17-30-25)18-31-14-8-13-27(19-31,26(28)32)15-23-11-6-7-12-24(23)22-9-4-3-5-10-22/h3-7,9-12,16-17,20H,8,13-15,18-19H2,1-2H3,(H2,28,32)/t27-/m1/s1. The van der Waals surface area contributed by atoms with Gasteiger partial charge in [0.2, 0.25) is 5.91 Å². The first kappa shape index (κ1) is 22.2. The van der Waals surface area contributed by atoms with E-state index in [0.29, 0.717) is 18.9 Å². The number of carbonyl (C=O) groups is 1. The third-order valence-electron chi connectivity index (χ3n) is 6.46. The molecule has 5 nitrogen and oxygen atoms in total. The zero-order valence-corrected chi connectivity index (χ0v) is 19.0. The second kappa shape index (κ2) is 9.61. The van der Waals surface area contributed by atoms with Crippen molar-refractivity contribution < 1.29 is 4.79 Å². The number of hydrogen-bond acceptors (Lipinski definition) is 4. The van der Waals surface area contributed by atoms with E-state index in [1.807, 2.05) is 36.7 Å². The van der Waals surface area contributed by atoms with Crippen LogP contribution in [0.25, 0.3) is 11.1 Å². The van der Waals surface area contributed by atoms with Crippen LogP contribution in [0.5, 0.6) is 0 Å². The number of benzene rings is 2. The summed E-state index contributed by atoms with van der Waals surface area (Å²) < 4.78 is 0. The summed E-state index contributed by atoms with van der Waals surface area (Å²) in [7, 11) is 0. The number of primary amides is 1. The average molecular weight is 429 g/mol. The van der Waals surface area contributed by atoms with Gasteiger partial charge < -0.3 is 5.73 Å². The summed E-state index contributed by atoms with van der Waals surface area (Å²) in [5, 5.41) is 0. The first-order valence-corrected chi connectivity index (χ1v) is 11.4. The van der Waals surface area contributed by atoms with Gasteiger partial charge in [-0.2, -0.15) is 0 Å². The molecule has 4 rings (SSSR count). The predicted octanol–water partition coefficient (Wildman–Crippen LogP) is 4.58. The fourth-order valence-corrected chi connectivity index (χ4v) is 4.74. The lowest BCUT2D eigenvalue weighted by Crippen LogP contribution is -2.51. The molecule has 2 heterocycles. The Morgan fingerprint density at radius 3 is 2.44 bits per heavy atom. The highest BCUT2D eigenvalue weighted by molar-refractivity contribution is 5.82. The van der Waals surface area contributed by atoms with E-state index in [-0.39, 0.29) is 5.91 Å². The lowest BCUT2D eigenvalue weighted by Gasteiger charge is -2.41. The average Bonchev–Trinajstić information content (AvgIpc) is 2.80. The van der Waals surface area contributed by atoms with Crippen LogP contribution in [0.1, 0.15) is 49.6 Å². The SMILES string of the molecule is CC(C)c1ncc(CN2CCC[C@](Cc3ccccc3-c3ccccc3)(C(N)=O)C2)cn1. The Morgan fingerprint density at radius 2 is 1.75 bits per heavy atom. The van der Waals surface area contributed by atoms with E-state index < -0.39 is 5.41 Å². The second-order valence-corrected chi connectivity index (χ2v) is 9.26. The molecule has 32 heavy (non-hydrogen) atoms. The Balaban J connectivity index is 1.56. The highest BCUT2D eigenvalue weighted by atomic mass is 16.1. The van der Waals surface area contributed by atoms with Crippen LogP contribution >= 0.6 is 0 Å². The summed E-state index contributed by atoms with van der Waals surface area (Å²) in [6.07, 6.45) is 6.22. The molecule has 1 aromatic heterocycles. The zero-order valence-electron chi connectivity index (χ0n) is 19.0. The first-order chi connectivity index (χ1) is 15.5. The monoisotopic (exact) mass is 428 g/mol. The third kappa shape index (κ3) is 4.89. The van der Waals surface area contributed by atoms with Gasteiger partial charge in [-0.15, -0.1) is 0 Å². The Morgan fingerprint density at radius 1 is 1.06 bits per heavy atom. The molecule has 0 unspecified atom stereocenters. The lowest BCUT2D eigenvalue weighted by atomic mass is 9.73. The lowest BCUT2D eigenvalue weighted by molar-refractivity contribution is -0.131. The van der Waals surface area contributed by atoms with Crippen molar-refractivity contribution in [1.82, 2.24) is 14.9 Å². The minimum Gasteiger partial charge on any atom is -0.369 e. The normalized spacial score (nSPS) is 19.2. The van der Waals surface area contributed by atoms with Crippen molar-refractivity contribution in [1.29, 1.82) is 0 Å². The van der Waals surface area contributed by atoms with Gasteiger partial charge in [-0.25, -0.2) is 9.97 Å². The van der Waals surface area contributed by atoms with E-state index in [4.69, 9.17) is 5.73 Å². The number of hydrogen-bond donors (Lipinski definition) is 1. The zero-order chi connectivity index (χ0) is 22.6. The largest absolute Gasteiger partial charge is 0.369 e. The van der Waals surface area contributed by atoms with E-state index >= 15 is 0 Å². The van der Waals surface area contributed by atoms with Crippen molar-refractivity contribution in [3.63, 3.8) is 0 Å². The summed E-state index contributed by atoms with van der Waals surface area (Å²) in [5.41, 5.74) is 10.0. The molecule has 2 N–H and O–H groups in total. The molecule has 1 amide bonds. The van der Waals surface area contributed by atoms with Gasteiger partial charge in [0.1, 0.15) is 5.82 Å². The molecule has 1 fully saturated rings. The van der Waals surface area contributed by atoms with Gasteiger partial charge in [0.05, 0.1) is 5.41 Å². The van der Waals surface area contributed by atoms with Crippen LogP contribution < -0.4 is 5.73 Å². The van der Waals surface area contributed by atoms with Gasteiger partial charge in [-0.1, -0.05) is 68.4 Å². The predicted molar refractivity (Wildman–Crippen MR) is 128 cm³/mol. The molecule has 3 aromatic rings.